The quantitative estimate of drug-likeness (QED) is 0.432. The van der Waals surface area contributed by atoms with Gasteiger partial charge in [-0.2, -0.15) is 0 Å². The lowest BCUT2D eigenvalue weighted by Gasteiger charge is -2.25. The van der Waals surface area contributed by atoms with E-state index < -0.39 is 30.4 Å². The van der Waals surface area contributed by atoms with Crippen molar-refractivity contribution in [3.63, 3.8) is 0 Å². The number of aliphatic carboxylic acids is 1. The van der Waals surface area contributed by atoms with Gasteiger partial charge in [0.05, 0.1) is 12.3 Å². The Labute approximate surface area is 150 Å². The van der Waals surface area contributed by atoms with Crippen molar-refractivity contribution in [3.05, 3.63) is 0 Å². The first-order valence-corrected chi connectivity index (χ1v) is 8.96. The summed E-state index contributed by atoms with van der Waals surface area (Å²) in [5.74, 6) is -1.70. The van der Waals surface area contributed by atoms with E-state index in [0.29, 0.717) is 6.42 Å². The van der Waals surface area contributed by atoms with Crippen molar-refractivity contribution in [1.82, 2.24) is 5.32 Å². The highest BCUT2D eigenvalue weighted by molar-refractivity contribution is 5.73. The van der Waals surface area contributed by atoms with Gasteiger partial charge >= 0.3 is 18.0 Å². The van der Waals surface area contributed by atoms with Gasteiger partial charge in [-0.05, 0) is 12.3 Å². The van der Waals surface area contributed by atoms with Crippen LogP contribution < -0.4 is 5.32 Å². The minimum Gasteiger partial charge on any atom is -0.481 e. The largest absolute Gasteiger partial charge is 0.481 e. The summed E-state index contributed by atoms with van der Waals surface area (Å²) in [7, 11) is 0. The molecule has 1 amide bonds. The fourth-order valence-electron chi connectivity index (χ4n) is 2.35. The zero-order valence-corrected chi connectivity index (χ0v) is 16.2. The molecule has 146 valence electrons. The molecule has 2 N–H and O–H groups in total. The molecule has 0 aromatic heterocycles. The number of esters is 1. The third kappa shape index (κ3) is 10.6. The van der Waals surface area contributed by atoms with E-state index >= 15 is 0 Å². The molecule has 0 aromatic carbocycles. The summed E-state index contributed by atoms with van der Waals surface area (Å²) in [6.45, 7) is 11.0. The van der Waals surface area contributed by atoms with E-state index in [1.807, 2.05) is 6.92 Å². The van der Waals surface area contributed by atoms with Crippen LogP contribution in [0.15, 0.2) is 0 Å². The molecule has 2 unspecified atom stereocenters. The summed E-state index contributed by atoms with van der Waals surface area (Å²) < 4.78 is 10.4. The van der Waals surface area contributed by atoms with Gasteiger partial charge in [0.25, 0.3) is 6.29 Å². The number of nitrogens with one attached hydrogen (secondary N) is 1. The van der Waals surface area contributed by atoms with Crippen LogP contribution in [0.2, 0.25) is 0 Å². The highest BCUT2D eigenvalue weighted by atomic mass is 16.7. The number of hydrogen-bond acceptors (Lipinski definition) is 5. The van der Waals surface area contributed by atoms with E-state index in [2.05, 4.69) is 12.2 Å². The minimum atomic E-state index is -1.01. The zero-order chi connectivity index (χ0) is 19.6. The molecule has 25 heavy (non-hydrogen) atoms. The van der Waals surface area contributed by atoms with Crippen LogP contribution >= 0.6 is 0 Å². The maximum absolute atomic E-state index is 12.1. The van der Waals surface area contributed by atoms with E-state index in [1.54, 1.807) is 27.7 Å². The number of rotatable bonds is 11. The molecular formula is C18H33NO6. The summed E-state index contributed by atoms with van der Waals surface area (Å²) in [6.07, 6.45) is 0.535. The Bertz CT molecular complexity index is 435. The molecule has 0 spiro atoms. The van der Waals surface area contributed by atoms with Crippen molar-refractivity contribution in [2.75, 3.05) is 0 Å². The monoisotopic (exact) mass is 359 g/mol. The fraction of sp³-hybridized carbons (Fsp3) is 0.833. The van der Waals surface area contributed by atoms with Crippen LogP contribution in [0.4, 0.5) is 4.79 Å². The maximum atomic E-state index is 12.1. The Balaban J connectivity index is 4.78. The molecule has 0 radical (unpaired) electrons. The first kappa shape index (κ1) is 23.2. The standard InChI is InChI=1S/C18H33NO6/c1-7-8-13(6)9-14(10-15(20)21)19-18(23)25-17(12(4)5)24-16(22)11(2)3/h11-14,17H,7-10H2,1-6H3,(H,19,23)(H,20,21)/t13?,14?,17-/m1/s1. The third-order valence-corrected chi connectivity index (χ3v) is 3.68. The van der Waals surface area contributed by atoms with Gasteiger partial charge in [0.1, 0.15) is 0 Å². The molecule has 0 bridgehead atoms. The van der Waals surface area contributed by atoms with Gasteiger partial charge in [0.2, 0.25) is 0 Å². The van der Waals surface area contributed by atoms with Crippen LogP contribution in [0, 0.1) is 17.8 Å². The predicted octanol–water partition coefficient (Wildman–Crippen LogP) is 3.56. The molecule has 7 heteroatoms. The molecule has 0 aliphatic carbocycles. The first-order chi connectivity index (χ1) is 11.6. The summed E-state index contributed by atoms with van der Waals surface area (Å²) >= 11 is 0. The molecule has 0 aliphatic heterocycles. The summed E-state index contributed by atoms with van der Waals surface area (Å²) in [5, 5.41) is 11.6. The van der Waals surface area contributed by atoms with Gasteiger partial charge in [-0.3, -0.25) is 9.59 Å². The Kier molecular flexibility index (Phi) is 10.9. The zero-order valence-electron chi connectivity index (χ0n) is 16.2. The van der Waals surface area contributed by atoms with Crippen LogP contribution in [0.25, 0.3) is 0 Å². The van der Waals surface area contributed by atoms with Crippen LogP contribution in [0.1, 0.15) is 67.2 Å². The number of ether oxygens (including phenoxy) is 2. The van der Waals surface area contributed by atoms with Crippen LogP contribution in [0.5, 0.6) is 0 Å². The maximum Gasteiger partial charge on any atom is 0.410 e. The normalized spacial score (nSPS) is 14.7. The van der Waals surface area contributed by atoms with E-state index in [-0.39, 0.29) is 24.2 Å². The molecule has 0 fully saturated rings. The SMILES string of the molecule is CCCC(C)CC(CC(=O)O)NC(=O)O[C@@H](OC(=O)C(C)C)C(C)C. The van der Waals surface area contributed by atoms with Crippen molar-refractivity contribution in [2.24, 2.45) is 17.8 Å². The van der Waals surface area contributed by atoms with Crippen molar-refractivity contribution in [2.45, 2.75) is 79.6 Å². The number of carboxylic acid groups (broad SMARTS) is 1. The third-order valence-electron chi connectivity index (χ3n) is 3.68. The van der Waals surface area contributed by atoms with E-state index in [1.165, 1.54) is 0 Å². The molecule has 0 saturated heterocycles. The van der Waals surface area contributed by atoms with Crippen molar-refractivity contribution in [3.8, 4) is 0 Å². The lowest BCUT2D eigenvalue weighted by molar-refractivity contribution is -0.178. The number of carbonyl (C=O) groups excluding carboxylic acids is 2. The summed E-state index contributed by atoms with van der Waals surface area (Å²) in [4.78, 5) is 34.9. The second-order valence-corrected chi connectivity index (χ2v) is 7.18. The molecule has 0 rings (SSSR count). The average Bonchev–Trinajstić information content (AvgIpc) is 2.45. The number of carbonyl (C=O) groups is 3. The number of amides is 1. The fourth-order valence-corrected chi connectivity index (χ4v) is 2.35. The molecule has 7 nitrogen and oxygen atoms in total. The van der Waals surface area contributed by atoms with Gasteiger partial charge < -0.3 is 19.9 Å². The first-order valence-electron chi connectivity index (χ1n) is 8.96. The Morgan fingerprint density at radius 3 is 2.08 bits per heavy atom. The van der Waals surface area contributed by atoms with Crippen LogP contribution in [-0.4, -0.2) is 35.5 Å². The highest BCUT2D eigenvalue weighted by Gasteiger charge is 2.26. The molecule has 0 heterocycles. The van der Waals surface area contributed by atoms with Crippen LogP contribution in [-0.2, 0) is 19.1 Å². The number of alkyl carbamates (subject to hydrolysis) is 1. The molecule has 0 aliphatic rings. The number of carboxylic acids is 1. The molecule has 0 saturated carbocycles. The summed E-state index contributed by atoms with van der Waals surface area (Å²) in [6, 6.07) is -0.528. The predicted molar refractivity (Wildman–Crippen MR) is 93.9 cm³/mol. The van der Waals surface area contributed by atoms with E-state index in [0.717, 1.165) is 12.8 Å². The number of hydrogen-bond donors (Lipinski definition) is 2. The van der Waals surface area contributed by atoms with Crippen molar-refractivity contribution in [1.29, 1.82) is 0 Å². The van der Waals surface area contributed by atoms with Gasteiger partial charge in [0, 0.05) is 12.0 Å². The average molecular weight is 359 g/mol. The summed E-state index contributed by atoms with van der Waals surface area (Å²) in [5.41, 5.74) is 0. The van der Waals surface area contributed by atoms with E-state index in [9.17, 15) is 14.4 Å². The van der Waals surface area contributed by atoms with Gasteiger partial charge in [0.15, 0.2) is 0 Å². The second-order valence-electron chi connectivity index (χ2n) is 7.18. The highest BCUT2D eigenvalue weighted by Crippen LogP contribution is 2.16. The lowest BCUT2D eigenvalue weighted by Crippen LogP contribution is -2.41. The van der Waals surface area contributed by atoms with Gasteiger partial charge in [-0.1, -0.05) is 54.4 Å². The molecular weight excluding hydrogens is 326 g/mol. The van der Waals surface area contributed by atoms with Gasteiger partial charge in [-0.25, -0.2) is 4.79 Å². The Morgan fingerprint density at radius 1 is 1.04 bits per heavy atom. The minimum absolute atomic E-state index is 0.179. The topological polar surface area (TPSA) is 102 Å². The smallest absolute Gasteiger partial charge is 0.410 e. The molecule has 0 aromatic rings. The van der Waals surface area contributed by atoms with Crippen molar-refractivity contribution < 1.29 is 29.0 Å². The second kappa shape index (κ2) is 11.7. The Hall–Kier alpha value is -1.79. The van der Waals surface area contributed by atoms with Crippen LogP contribution in [0.3, 0.4) is 0 Å². The lowest BCUT2D eigenvalue weighted by atomic mass is 9.95. The van der Waals surface area contributed by atoms with Crippen molar-refractivity contribution >= 4 is 18.0 Å². The van der Waals surface area contributed by atoms with Gasteiger partial charge in [-0.15, -0.1) is 0 Å². The van der Waals surface area contributed by atoms with E-state index in [4.69, 9.17) is 14.6 Å². The Morgan fingerprint density at radius 2 is 1.64 bits per heavy atom. The molecule has 3 atom stereocenters.